The van der Waals surface area contributed by atoms with E-state index in [4.69, 9.17) is 0 Å². The van der Waals surface area contributed by atoms with Crippen molar-refractivity contribution in [3.8, 4) is 0 Å². The summed E-state index contributed by atoms with van der Waals surface area (Å²) >= 11 is 0. The third kappa shape index (κ3) is 3.21. The van der Waals surface area contributed by atoms with Crippen molar-refractivity contribution in [2.45, 2.75) is 58.0 Å². The summed E-state index contributed by atoms with van der Waals surface area (Å²) in [7, 11) is 1.64. The maximum Gasteiger partial charge on any atom is 0.277 e. The summed E-state index contributed by atoms with van der Waals surface area (Å²) in [6.07, 6.45) is 4.62. The number of hydrogen-bond donors (Lipinski definition) is 2. The van der Waals surface area contributed by atoms with Crippen LogP contribution in [0.1, 0.15) is 61.1 Å². The van der Waals surface area contributed by atoms with Gasteiger partial charge in [-0.15, -0.1) is 0 Å². The number of carbonyl (C=O) groups excluding carboxylic acids is 1. The number of aliphatic hydroxyl groups is 1. The van der Waals surface area contributed by atoms with E-state index in [1.54, 1.807) is 7.05 Å². The summed E-state index contributed by atoms with van der Waals surface area (Å²) in [4.78, 5) is 26.3. The summed E-state index contributed by atoms with van der Waals surface area (Å²) in [5, 5.41) is 16.9. The molecule has 0 spiro atoms. The molecule has 6 nitrogen and oxygen atoms in total. The second-order valence-electron chi connectivity index (χ2n) is 6.15. The van der Waals surface area contributed by atoms with Crippen molar-refractivity contribution < 1.29 is 9.90 Å². The average molecular weight is 307 g/mol. The van der Waals surface area contributed by atoms with E-state index in [0.717, 1.165) is 18.5 Å². The fourth-order valence-corrected chi connectivity index (χ4v) is 3.32. The van der Waals surface area contributed by atoms with E-state index in [1.165, 1.54) is 4.90 Å². The minimum atomic E-state index is -0.815. The highest BCUT2D eigenvalue weighted by molar-refractivity contribution is 5.95. The number of amides is 1. The SMILES string of the molecule is CCc1n[nH]c(=O)c(C(=O)N(C)CC2(O)CCCC2)c1CC. The van der Waals surface area contributed by atoms with Crippen LogP contribution in [0.25, 0.3) is 0 Å². The molecule has 0 saturated heterocycles. The van der Waals surface area contributed by atoms with Crippen LogP contribution in [0.3, 0.4) is 0 Å². The molecule has 2 N–H and O–H groups in total. The zero-order valence-corrected chi connectivity index (χ0v) is 13.6. The van der Waals surface area contributed by atoms with Gasteiger partial charge in [0.05, 0.1) is 11.3 Å². The highest BCUT2D eigenvalue weighted by Crippen LogP contribution is 2.30. The van der Waals surface area contributed by atoms with E-state index in [9.17, 15) is 14.7 Å². The largest absolute Gasteiger partial charge is 0.388 e. The third-order valence-electron chi connectivity index (χ3n) is 4.48. The van der Waals surface area contributed by atoms with Gasteiger partial charge in [-0.05, 0) is 31.2 Å². The molecule has 0 radical (unpaired) electrons. The van der Waals surface area contributed by atoms with Gasteiger partial charge in [0.1, 0.15) is 5.56 Å². The average Bonchev–Trinajstić information content (AvgIpc) is 2.92. The first-order chi connectivity index (χ1) is 10.4. The second kappa shape index (κ2) is 6.60. The second-order valence-corrected chi connectivity index (χ2v) is 6.15. The normalized spacial score (nSPS) is 16.7. The Bertz CT molecular complexity index is 603. The topological polar surface area (TPSA) is 86.3 Å². The van der Waals surface area contributed by atoms with E-state index in [1.807, 2.05) is 13.8 Å². The van der Waals surface area contributed by atoms with Crippen molar-refractivity contribution in [2.24, 2.45) is 0 Å². The summed E-state index contributed by atoms with van der Waals surface area (Å²) in [6, 6.07) is 0. The van der Waals surface area contributed by atoms with Crippen molar-refractivity contribution in [2.75, 3.05) is 13.6 Å². The molecule has 0 bridgehead atoms. The number of H-pyrrole nitrogens is 1. The molecule has 1 fully saturated rings. The first kappa shape index (κ1) is 16.7. The van der Waals surface area contributed by atoms with Crippen LogP contribution in [0.5, 0.6) is 0 Å². The Morgan fingerprint density at radius 3 is 2.50 bits per heavy atom. The van der Waals surface area contributed by atoms with Crippen LogP contribution in [0.4, 0.5) is 0 Å². The lowest BCUT2D eigenvalue weighted by molar-refractivity contribution is 0.0155. The van der Waals surface area contributed by atoms with Gasteiger partial charge in [-0.1, -0.05) is 26.7 Å². The van der Waals surface area contributed by atoms with Gasteiger partial charge in [0.2, 0.25) is 0 Å². The molecule has 0 aliphatic heterocycles. The first-order valence-corrected chi connectivity index (χ1v) is 8.00. The quantitative estimate of drug-likeness (QED) is 0.858. The van der Waals surface area contributed by atoms with Gasteiger partial charge < -0.3 is 10.0 Å². The number of nitrogens with one attached hydrogen (secondary N) is 1. The lowest BCUT2D eigenvalue weighted by Gasteiger charge is -2.29. The molecule has 1 saturated carbocycles. The van der Waals surface area contributed by atoms with E-state index >= 15 is 0 Å². The van der Waals surface area contributed by atoms with Crippen LogP contribution in [-0.2, 0) is 12.8 Å². The molecule has 6 heteroatoms. The molecule has 1 aliphatic carbocycles. The van der Waals surface area contributed by atoms with Gasteiger partial charge in [0.25, 0.3) is 11.5 Å². The Morgan fingerprint density at radius 1 is 1.32 bits per heavy atom. The molecule has 1 aromatic rings. The molecule has 122 valence electrons. The van der Waals surface area contributed by atoms with E-state index in [2.05, 4.69) is 10.2 Å². The van der Waals surface area contributed by atoms with Crippen LogP contribution in [0, 0.1) is 0 Å². The molecule has 0 unspecified atom stereocenters. The number of hydrogen-bond acceptors (Lipinski definition) is 4. The van der Waals surface area contributed by atoms with Crippen molar-refractivity contribution >= 4 is 5.91 Å². The number of rotatable bonds is 5. The zero-order chi connectivity index (χ0) is 16.3. The van der Waals surface area contributed by atoms with Gasteiger partial charge in [-0.25, -0.2) is 5.10 Å². The number of likely N-dealkylation sites (N-methyl/N-ethyl adjacent to an activating group) is 1. The van der Waals surface area contributed by atoms with E-state index in [0.29, 0.717) is 31.2 Å². The molecule has 0 aromatic carbocycles. The number of aromatic amines is 1. The van der Waals surface area contributed by atoms with Gasteiger partial charge in [0.15, 0.2) is 0 Å². The van der Waals surface area contributed by atoms with Gasteiger partial charge in [0, 0.05) is 13.6 Å². The molecule has 1 amide bonds. The Labute approximate surface area is 130 Å². The lowest BCUT2D eigenvalue weighted by atomic mass is 10.00. The smallest absolute Gasteiger partial charge is 0.277 e. The van der Waals surface area contributed by atoms with Crippen molar-refractivity contribution in [3.63, 3.8) is 0 Å². The first-order valence-electron chi connectivity index (χ1n) is 8.00. The summed E-state index contributed by atoms with van der Waals surface area (Å²) in [6.45, 7) is 4.12. The molecule has 1 heterocycles. The maximum absolute atomic E-state index is 12.7. The molecule has 22 heavy (non-hydrogen) atoms. The Kier molecular flexibility index (Phi) is 5.01. The van der Waals surface area contributed by atoms with Crippen LogP contribution in [0.2, 0.25) is 0 Å². The maximum atomic E-state index is 12.7. The van der Waals surface area contributed by atoms with Gasteiger partial charge in [-0.2, -0.15) is 5.10 Å². The Hall–Kier alpha value is -1.69. The molecule has 0 atom stereocenters. The molecular weight excluding hydrogens is 282 g/mol. The van der Waals surface area contributed by atoms with Crippen LogP contribution < -0.4 is 5.56 Å². The van der Waals surface area contributed by atoms with E-state index in [-0.39, 0.29) is 18.0 Å². The highest BCUT2D eigenvalue weighted by Gasteiger charge is 2.34. The zero-order valence-electron chi connectivity index (χ0n) is 13.6. The lowest BCUT2D eigenvalue weighted by Crippen LogP contribution is -2.44. The number of aromatic nitrogens is 2. The molecular formula is C16H25N3O3. The highest BCUT2D eigenvalue weighted by atomic mass is 16.3. The fraction of sp³-hybridized carbons (Fsp3) is 0.688. The van der Waals surface area contributed by atoms with Crippen molar-refractivity contribution in [1.82, 2.24) is 15.1 Å². The van der Waals surface area contributed by atoms with Crippen molar-refractivity contribution in [1.29, 1.82) is 0 Å². The summed E-state index contributed by atoms with van der Waals surface area (Å²) < 4.78 is 0. The van der Waals surface area contributed by atoms with Crippen LogP contribution in [-0.4, -0.2) is 45.3 Å². The predicted molar refractivity (Wildman–Crippen MR) is 84.0 cm³/mol. The minimum Gasteiger partial charge on any atom is -0.388 e. The van der Waals surface area contributed by atoms with Gasteiger partial charge in [-0.3, -0.25) is 9.59 Å². The Balaban J connectivity index is 2.30. The molecule has 2 rings (SSSR count). The number of carbonyl (C=O) groups is 1. The van der Waals surface area contributed by atoms with E-state index < -0.39 is 11.2 Å². The number of nitrogens with zero attached hydrogens (tertiary/aromatic N) is 2. The Morgan fingerprint density at radius 2 is 1.95 bits per heavy atom. The standard InChI is InChI=1S/C16H25N3O3/c1-4-11-12(5-2)17-18-14(20)13(11)15(21)19(3)10-16(22)8-6-7-9-16/h22H,4-10H2,1-3H3,(H,18,20). The summed E-state index contributed by atoms with van der Waals surface area (Å²) in [5.74, 6) is -0.337. The molecule has 1 aromatic heterocycles. The monoisotopic (exact) mass is 307 g/mol. The number of aryl methyl sites for hydroxylation is 1. The third-order valence-corrected chi connectivity index (χ3v) is 4.48. The minimum absolute atomic E-state index is 0.165. The van der Waals surface area contributed by atoms with Crippen molar-refractivity contribution in [3.05, 3.63) is 27.2 Å². The van der Waals surface area contributed by atoms with Crippen LogP contribution in [0.15, 0.2) is 4.79 Å². The van der Waals surface area contributed by atoms with Crippen LogP contribution >= 0.6 is 0 Å². The van der Waals surface area contributed by atoms with Gasteiger partial charge >= 0.3 is 0 Å². The fourth-order valence-electron chi connectivity index (χ4n) is 3.32. The summed E-state index contributed by atoms with van der Waals surface area (Å²) in [5.41, 5.74) is 0.354. The predicted octanol–water partition coefficient (Wildman–Crippen LogP) is 1.27. The molecule has 1 aliphatic rings.